The van der Waals surface area contributed by atoms with Crippen LogP contribution in [0.25, 0.3) is 21.3 Å². The van der Waals surface area contributed by atoms with Crippen molar-refractivity contribution >= 4 is 33.0 Å². The minimum absolute atomic E-state index is 0.111. The lowest BCUT2D eigenvalue weighted by molar-refractivity contribution is -0.383. The van der Waals surface area contributed by atoms with Gasteiger partial charge in [-0.2, -0.15) is 4.37 Å². The lowest BCUT2D eigenvalue weighted by atomic mass is 10.0. The molecular weight excluding hydrogens is 302 g/mol. The summed E-state index contributed by atoms with van der Waals surface area (Å²) in [6.45, 7) is 1.97. The maximum absolute atomic E-state index is 11.1. The number of ether oxygens (including phenoxy) is 1. The first-order chi connectivity index (χ1) is 10.5. The Morgan fingerprint density at radius 3 is 2.77 bits per heavy atom. The van der Waals surface area contributed by atoms with Crippen molar-refractivity contribution in [1.82, 2.24) is 4.37 Å². The average molecular weight is 315 g/mol. The molecule has 0 aliphatic rings. The van der Waals surface area contributed by atoms with Gasteiger partial charge < -0.3 is 10.5 Å². The van der Waals surface area contributed by atoms with Gasteiger partial charge in [0.25, 0.3) is 5.69 Å². The Hall–Kier alpha value is -2.67. The van der Waals surface area contributed by atoms with Crippen LogP contribution in [-0.4, -0.2) is 16.4 Å². The number of nitrogen functional groups attached to an aromatic ring is 1. The molecule has 0 atom stereocenters. The molecule has 0 fully saturated rings. The third-order valence-corrected chi connectivity index (χ3v) is 4.23. The van der Waals surface area contributed by atoms with Crippen molar-refractivity contribution in [3.8, 4) is 17.0 Å². The van der Waals surface area contributed by atoms with Crippen LogP contribution in [0.1, 0.15) is 5.56 Å². The van der Waals surface area contributed by atoms with Crippen LogP contribution in [0, 0.1) is 17.0 Å². The van der Waals surface area contributed by atoms with Gasteiger partial charge in [-0.1, -0.05) is 11.6 Å². The first kappa shape index (κ1) is 14.3. The van der Waals surface area contributed by atoms with E-state index in [1.54, 1.807) is 13.2 Å². The van der Waals surface area contributed by atoms with Gasteiger partial charge in [-0.05, 0) is 36.7 Å². The van der Waals surface area contributed by atoms with E-state index in [-0.39, 0.29) is 11.4 Å². The van der Waals surface area contributed by atoms with Crippen LogP contribution in [0.15, 0.2) is 30.3 Å². The van der Waals surface area contributed by atoms with Gasteiger partial charge in [0, 0.05) is 17.0 Å². The number of aromatic nitrogens is 1. The second-order valence-electron chi connectivity index (χ2n) is 4.90. The van der Waals surface area contributed by atoms with E-state index < -0.39 is 4.92 Å². The van der Waals surface area contributed by atoms with Crippen LogP contribution in [0.4, 0.5) is 11.4 Å². The number of fused-ring (bicyclic) bond motifs is 1. The Labute approximate surface area is 130 Å². The van der Waals surface area contributed by atoms with E-state index in [1.165, 1.54) is 17.6 Å². The molecule has 0 radical (unpaired) electrons. The minimum atomic E-state index is -0.482. The highest BCUT2D eigenvalue weighted by Crippen LogP contribution is 2.39. The van der Waals surface area contributed by atoms with Crippen molar-refractivity contribution in [2.24, 2.45) is 0 Å². The van der Waals surface area contributed by atoms with E-state index >= 15 is 0 Å². The first-order valence-corrected chi connectivity index (χ1v) is 7.27. The van der Waals surface area contributed by atoms with Crippen molar-refractivity contribution in [3.05, 3.63) is 46.0 Å². The summed E-state index contributed by atoms with van der Waals surface area (Å²) < 4.78 is 10.6. The molecule has 1 aromatic heterocycles. The topological polar surface area (TPSA) is 91.3 Å². The van der Waals surface area contributed by atoms with Crippen LogP contribution >= 0.6 is 11.5 Å². The maximum Gasteiger partial charge on any atom is 0.292 e. The normalized spacial score (nSPS) is 10.8. The molecule has 0 aliphatic heterocycles. The van der Waals surface area contributed by atoms with Crippen LogP contribution < -0.4 is 10.5 Å². The Bertz CT molecular complexity index is 889. The fraction of sp³-hybridized carbons (Fsp3) is 0.133. The standard InChI is InChI=1S/C15H13N3O3S/c1-8-3-4-13(21-2)9(5-8)15-10-6-12(18(19)20)11(16)7-14(10)22-17-15/h3-7H,16H2,1-2H3. The summed E-state index contributed by atoms with van der Waals surface area (Å²) in [4.78, 5) is 10.6. The monoisotopic (exact) mass is 315 g/mol. The summed E-state index contributed by atoms with van der Waals surface area (Å²) in [7, 11) is 1.59. The molecule has 2 N–H and O–H groups in total. The van der Waals surface area contributed by atoms with Crippen molar-refractivity contribution in [3.63, 3.8) is 0 Å². The summed E-state index contributed by atoms with van der Waals surface area (Å²) in [5, 5.41) is 11.8. The highest BCUT2D eigenvalue weighted by Gasteiger charge is 2.19. The fourth-order valence-corrected chi connectivity index (χ4v) is 3.17. The molecule has 2 aromatic carbocycles. The molecule has 22 heavy (non-hydrogen) atoms. The Kier molecular flexibility index (Phi) is 3.42. The van der Waals surface area contributed by atoms with Gasteiger partial charge >= 0.3 is 0 Å². The number of nitro groups is 1. The molecule has 6 nitrogen and oxygen atoms in total. The van der Waals surface area contributed by atoms with E-state index in [2.05, 4.69) is 4.37 Å². The van der Waals surface area contributed by atoms with Crippen molar-refractivity contribution in [2.75, 3.05) is 12.8 Å². The molecular formula is C15H13N3O3S. The smallest absolute Gasteiger partial charge is 0.292 e. The maximum atomic E-state index is 11.1. The molecule has 0 saturated carbocycles. The summed E-state index contributed by atoms with van der Waals surface area (Å²) in [6, 6.07) is 8.83. The molecule has 112 valence electrons. The number of hydrogen-bond donors (Lipinski definition) is 1. The molecule has 3 rings (SSSR count). The zero-order valence-corrected chi connectivity index (χ0v) is 12.8. The van der Waals surface area contributed by atoms with Gasteiger partial charge in [-0.3, -0.25) is 10.1 Å². The Morgan fingerprint density at radius 2 is 2.09 bits per heavy atom. The molecule has 0 spiro atoms. The predicted molar refractivity (Wildman–Crippen MR) is 87.4 cm³/mol. The molecule has 0 saturated heterocycles. The van der Waals surface area contributed by atoms with Crippen molar-refractivity contribution in [1.29, 1.82) is 0 Å². The highest BCUT2D eigenvalue weighted by molar-refractivity contribution is 7.13. The van der Waals surface area contributed by atoms with Gasteiger partial charge in [0.05, 0.1) is 22.4 Å². The number of hydrogen-bond acceptors (Lipinski definition) is 6. The van der Waals surface area contributed by atoms with Crippen LogP contribution in [0.3, 0.4) is 0 Å². The van der Waals surface area contributed by atoms with E-state index in [9.17, 15) is 10.1 Å². The zero-order valence-electron chi connectivity index (χ0n) is 12.0. The van der Waals surface area contributed by atoms with E-state index in [0.717, 1.165) is 15.8 Å². The number of nitrogens with two attached hydrogens (primary N) is 1. The number of aryl methyl sites for hydroxylation is 1. The van der Waals surface area contributed by atoms with E-state index in [0.29, 0.717) is 16.8 Å². The lowest BCUT2D eigenvalue weighted by Gasteiger charge is -2.08. The second kappa shape index (κ2) is 5.27. The third kappa shape index (κ3) is 2.25. The average Bonchev–Trinajstić information content (AvgIpc) is 2.88. The van der Waals surface area contributed by atoms with Crippen molar-refractivity contribution in [2.45, 2.75) is 6.92 Å². The van der Waals surface area contributed by atoms with Crippen LogP contribution in [0.2, 0.25) is 0 Å². The fourth-order valence-electron chi connectivity index (χ4n) is 2.35. The molecule has 1 heterocycles. The van der Waals surface area contributed by atoms with Gasteiger partial charge in [-0.15, -0.1) is 0 Å². The van der Waals surface area contributed by atoms with E-state index in [4.69, 9.17) is 10.5 Å². The summed E-state index contributed by atoms with van der Waals surface area (Å²) in [5.41, 5.74) is 8.30. The molecule has 7 heteroatoms. The molecule has 0 amide bonds. The molecule has 0 aliphatic carbocycles. The summed E-state index contributed by atoms with van der Waals surface area (Å²) in [5.74, 6) is 0.678. The number of nitro benzene ring substituents is 1. The summed E-state index contributed by atoms with van der Waals surface area (Å²) in [6.07, 6.45) is 0. The number of methoxy groups -OCH3 is 1. The quantitative estimate of drug-likeness (QED) is 0.451. The zero-order chi connectivity index (χ0) is 15.9. The predicted octanol–water partition coefficient (Wildman–Crippen LogP) is 3.77. The molecule has 3 aromatic rings. The van der Waals surface area contributed by atoms with Crippen LogP contribution in [0.5, 0.6) is 5.75 Å². The van der Waals surface area contributed by atoms with E-state index in [1.807, 2.05) is 25.1 Å². The molecule has 0 unspecified atom stereocenters. The second-order valence-corrected chi connectivity index (χ2v) is 5.70. The Balaban J connectivity index is 2.30. The van der Waals surface area contributed by atoms with Gasteiger partial charge in [0.15, 0.2) is 0 Å². The molecule has 0 bridgehead atoms. The van der Waals surface area contributed by atoms with Crippen LogP contribution in [-0.2, 0) is 0 Å². The largest absolute Gasteiger partial charge is 0.496 e. The number of benzene rings is 2. The van der Waals surface area contributed by atoms with Gasteiger partial charge in [-0.25, -0.2) is 0 Å². The summed E-state index contributed by atoms with van der Waals surface area (Å²) >= 11 is 1.26. The third-order valence-electron chi connectivity index (χ3n) is 3.43. The number of rotatable bonds is 3. The van der Waals surface area contributed by atoms with Crippen molar-refractivity contribution < 1.29 is 9.66 Å². The highest BCUT2D eigenvalue weighted by atomic mass is 32.1. The van der Waals surface area contributed by atoms with Gasteiger partial charge in [0.1, 0.15) is 11.4 Å². The Morgan fingerprint density at radius 1 is 1.32 bits per heavy atom. The number of anilines is 1. The van der Waals surface area contributed by atoms with Gasteiger partial charge in [0.2, 0.25) is 0 Å². The lowest BCUT2D eigenvalue weighted by Crippen LogP contribution is -1.95. The first-order valence-electron chi connectivity index (χ1n) is 6.49. The minimum Gasteiger partial charge on any atom is -0.496 e. The number of nitrogens with zero attached hydrogens (tertiary/aromatic N) is 2. The SMILES string of the molecule is COc1ccc(C)cc1-c1nsc2cc(N)c([N+](=O)[O-])cc12.